The van der Waals surface area contributed by atoms with Crippen LogP contribution in [0.15, 0.2) is 45.6 Å². The van der Waals surface area contributed by atoms with E-state index in [2.05, 4.69) is 0 Å². The molecule has 0 bridgehead atoms. The molecule has 0 fully saturated rings. The van der Waals surface area contributed by atoms with Crippen LogP contribution in [0, 0.1) is 139 Å². The molecule has 1 aromatic heterocycles. The minimum Gasteiger partial charge on any atom is -0.508 e. The van der Waals surface area contributed by atoms with Gasteiger partial charge in [0.05, 0.1) is 5.56 Å². The molecule has 0 unspecified atom stereocenters. The van der Waals surface area contributed by atoms with Crippen molar-refractivity contribution in [3.8, 4) is 28.4 Å². The van der Waals surface area contributed by atoms with E-state index in [0.29, 0.717) is 10.9 Å². The Kier molecular flexibility index (Phi) is 11.3. The molecule has 3 radical (unpaired) electrons. The first-order chi connectivity index (χ1) is 9.99. The number of rotatable bonds is 1. The van der Waals surface area contributed by atoms with Gasteiger partial charge in [-0.3, -0.25) is 0 Å². The van der Waals surface area contributed by atoms with Crippen LogP contribution in [0.4, 0.5) is 0 Å². The van der Waals surface area contributed by atoms with Gasteiger partial charge in [-0.15, -0.1) is 0 Å². The minimum atomic E-state index is -0.664. The smallest absolute Gasteiger partial charge is 0.344 e. The van der Waals surface area contributed by atoms with Crippen molar-refractivity contribution in [3.05, 3.63) is 52.4 Å². The van der Waals surface area contributed by atoms with E-state index in [1.54, 1.807) is 19.1 Å². The monoisotopic (exact) mass is 965 g/mol. The number of phenols is 3. The molecule has 8 heteroatoms. The summed E-state index contributed by atoms with van der Waals surface area (Å²) in [5.41, 5.74) is 0.498. The third-order valence-corrected chi connectivity index (χ3v) is 3.42. The molecule has 0 saturated carbocycles. The number of fused-ring (bicyclic) bond motifs is 1. The summed E-state index contributed by atoms with van der Waals surface area (Å²) in [7, 11) is 0. The molecule has 1 heterocycles. The van der Waals surface area contributed by atoms with Crippen molar-refractivity contribution in [1.82, 2.24) is 0 Å². The maximum atomic E-state index is 12.2. The topological polar surface area (TPSA) is 90.9 Å². The van der Waals surface area contributed by atoms with E-state index in [1.165, 1.54) is 18.2 Å². The number of hydrogen-bond acceptors (Lipinski definition) is 5. The van der Waals surface area contributed by atoms with Gasteiger partial charge in [-0.1, -0.05) is 12.1 Å². The molecule has 3 N–H and O–H groups in total. The Morgan fingerprint density at radius 1 is 0.917 bits per heavy atom. The average Bonchev–Trinajstić information content (AvgIpc) is 2.42. The standard InChI is InChI=1S/C16H12O5.3Ac/c1-8-10-3-2-4-12(18)15(10)21-16(20)14(8)11-6-5-9(17)7-13(11)19;;;/h2-7,17-19H,1H3;;;. The van der Waals surface area contributed by atoms with Crippen molar-refractivity contribution in [2.75, 3.05) is 0 Å². The van der Waals surface area contributed by atoms with Crippen molar-refractivity contribution >= 4 is 11.0 Å². The molecule has 24 heavy (non-hydrogen) atoms. The summed E-state index contributed by atoms with van der Waals surface area (Å²) in [6.07, 6.45) is 0. The van der Waals surface area contributed by atoms with E-state index in [0.717, 1.165) is 6.07 Å². The van der Waals surface area contributed by atoms with Crippen molar-refractivity contribution in [2.24, 2.45) is 0 Å². The predicted molar refractivity (Wildman–Crippen MR) is 77.7 cm³/mol. The van der Waals surface area contributed by atoms with Crippen LogP contribution >= 0.6 is 0 Å². The van der Waals surface area contributed by atoms with Gasteiger partial charge >= 0.3 is 5.63 Å². The second-order valence-corrected chi connectivity index (χ2v) is 4.74. The Bertz CT molecular complexity index is 921. The van der Waals surface area contributed by atoms with Crippen LogP contribution in [-0.4, -0.2) is 15.3 Å². The first-order valence-electron chi connectivity index (χ1n) is 6.27. The van der Waals surface area contributed by atoms with E-state index < -0.39 is 5.63 Å². The van der Waals surface area contributed by atoms with Crippen LogP contribution < -0.4 is 5.63 Å². The van der Waals surface area contributed by atoms with Crippen molar-refractivity contribution in [1.29, 1.82) is 0 Å². The van der Waals surface area contributed by atoms with Crippen LogP contribution in [-0.2, 0) is 0 Å². The number of para-hydroxylation sites is 1. The molecule has 0 atom stereocenters. The SMILES string of the molecule is Cc1c(-c2ccc(O)cc2O)c(=O)oc2c(O)cccc12.[Ac].[Ac].[Ac]. The number of phenolic OH excluding ortho intramolecular Hbond substituents is 3. The molecule has 0 saturated heterocycles. The number of benzene rings is 2. The van der Waals surface area contributed by atoms with Gasteiger partial charge in [-0.05, 0) is 30.7 Å². The molecule has 5 nitrogen and oxygen atoms in total. The number of aromatic hydroxyl groups is 3. The summed E-state index contributed by atoms with van der Waals surface area (Å²) in [6.45, 7) is 1.71. The summed E-state index contributed by atoms with van der Waals surface area (Å²) in [6, 6.07) is 8.77. The molecule has 0 aliphatic carbocycles. The zero-order valence-electron chi connectivity index (χ0n) is 12.9. The van der Waals surface area contributed by atoms with Gasteiger partial charge < -0.3 is 19.7 Å². The minimum absolute atomic E-state index is 0. The van der Waals surface area contributed by atoms with Crippen molar-refractivity contribution in [3.63, 3.8) is 0 Å². The fraction of sp³-hybridized carbons (Fsp3) is 0.0625. The molecule has 0 aliphatic rings. The van der Waals surface area contributed by atoms with E-state index >= 15 is 0 Å². The summed E-state index contributed by atoms with van der Waals surface area (Å²) in [5, 5.41) is 29.6. The predicted octanol–water partition coefficient (Wildman–Crippen LogP) is 2.89. The van der Waals surface area contributed by atoms with E-state index in [1.807, 2.05) is 0 Å². The molecule has 3 aromatic rings. The third-order valence-electron chi connectivity index (χ3n) is 3.42. The molecule has 115 valence electrons. The van der Waals surface area contributed by atoms with Gasteiger partial charge in [0.25, 0.3) is 0 Å². The molecule has 3 rings (SSSR count). The summed E-state index contributed by atoms with van der Waals surface area (Å²) in [5.74, 6) is -0.434. The van der Waals surface area contributed by atoms with Crippen molar-refractivity contribution in [2.45, 2.75) is 6.92 Å². The largest absolute Gasteiger partial charge is 0.508 e. The summed E-state index contributed by atoms with van der Waals surface area (Å²) < 4.78 is 5.16. The quantitative estimate of drug-likeness (QED) is 0.327. The Labute approximate surface area is 245 Å². The summed E-state index contributed by atoms with van der Waals surface area (Å²) >= 11 is 0. The second kappa shape index (κ2) is 10.6. The zero-order chi connectivity index (χ0) is 15.1. The Hall–Kier alpha value is 1.37. The van der Waals surface area contributed by atoms with Crippen LogP contribution in [0.3, 0.4) is 0 Å². The third kappa shape index (κ3) is 5.00. The maximum Gasteiger partial charge on any atom is 0.344 e. The molecule has 2 aromatic carbocycles. The van der Waals surface area contributed by atoms with Gasteiger partial charge in [-0.25, -0.2) is 4.79 Å². The van der Waals surface area contributed by atoms with Crippen LogP contribution in [0.25, 0.3) is 22.1 Å². The molecule has 0 amide bonds. The van der Waals surface area contributed by atoms with E-state index in [4.69, 9.17) is 4.42 Å². The van der Waals surface area contributed by atoms with Crippen molar-refractivity contribution < 1.29 is 152 Å². The molecule has 0 spiro atoms. The molecule has 0 aliphatic heterocycles. The normalized spacial score (nSPS) is 9.54. The van der Waals surface area contributed by atoms with Gasteiger partial charge in [0, 0.05) is 149 Å². The fourth-order valence-corrected chi connectivity index (χ4v) is 2.40. The van der Waals surface area contributed by atoms with Crippen LogP contribution in [0.2, 0.25) is 0 Å². The average molecular weight is 965 g/mol. The van der Waals surface area contributed by atoms with Crippen LogP contribution in [0.1, 0.15) is 5.56 Å². The first kappa shape index (κ1) is 25.4. The Morgan fingerprint density at radius 3 is 2.21 bits per heavy atom. The summed E-state index contributed by atoms with van der Waals surface area (Å²) in [4.78, 5) is 12.2. The van der Waals surface area contributed by atoms with E-state index in [-0.39, 0.29) is 166 Å². The number of aryl methyl sites for hydroxylation is 1. The zero-order valence-corrected chi connectivity index (χ0v) is 27.1. The first-order valence-corrected chi connectivity index (χ1v) is 6.27. The van der Waals surface area contributed by atoms with E-state index in [9.17, 15) is 20.1 Å². The Morgan fingerprint density at radius 2 is 1.58 bits per heavy atom. The fourth-order valence-electron chi connectivity index (χ4n) is 2.40. The molecular formula is C16H12Ac3O5. The second-order valence-electron chi connectivity index (χ2n) is 4.74. The van der Waals surface area contributed by atoms with Gasteiger partial charge in [0.1, 0.15) is 11.5 Å². The van der Waals surface area contributed by atoms with Gasteiger partial charge in [0.15, 0.2) is 11.3 Å². The molecular weight excluding hydrogens is 953 g/mol. The van der Waals surface area contributed by atoms with Gasteiger partial charge in [0.2, 0.25) is 0 Å². The van der Waals surface area contributed by atoms with Crippen LogP contribution in [0.5, 0.6) is 17.2 Å². The Balaban J connectivity index is 0.00000176. The number of hydrogen-bond donors (Lipinski definition) is 3. The van der Waals surface area contributed by atoms with Gasteiger partial charge in [-0.2, -0.15) is 0 Å². The maximum absolute atomic E-state index is 12.2.